The molecule has 29 heavy (non-hydrogen) atoms. The molecule has 0 aromatic heterocycles. The zero-order chi connectivity index (χ0) is 21.6. The Morgan fingerprint density at radius 3 is 1.93 bits per heavy atom. The predicted octanol–water partition coefficient (Wildman–Crippen LogP) is 5.89. The van der Waals surface area contributed by atoms with Gasteiger partial charge in [0.25, 0.3) is 10.1 Å². The van der Waals surface area contributed by atoms with E-state index in [2.05, 4.69) is 0 Å². The molecule has 0 heterocycles. The molecule has 5 nitrogen and oxygen atoms in total. The maximum Gasteiger partial charge on any atom is 0.283 e. The maximum atomic E-state index is 13.0. The lowest BCUT2D eigenvalue weighted by Crippen LogP contribution is -2.38. The fourth-order valence-corrected chi connectivity index (χ4v) is 5.43. The Hall–Kier alpha value is -1.67. The second kappa shape index (κ2) is 7.87. The quantitative estimate of drug-likeness (QED) is 0.311. The average Bonchev–Trinajstić information content (AvgIpc) is 2.62. The number of hydrogen-bond acceptors (Lipinski definition) is 4. The van der Waals surface area contributed by atoms with E-state index in [-0.39, 0.29) is 37.5 Å². The summed E-state index contributed by atoms with van der Waals surface area (Å²) in [4.78, 5) is 0. The van der Waals surface area contributed by atoms with E-state index in [1.165, 1.54) is 42.5 Å². The van der Waals surface area contributed by atoms with Crippen LogP contribution in [0.5, 0.6) is 11.5 Å². The van der Waals surface area contributed by atoms with Gasteiger partial charge in [-0.05, 0) is 48.0 Å². The number of rotatable bonds is 4. The summed E-state index contributed by atoms with van der Waals surface area (Å²) in [5.41, 5.74) is -0.601. The minimum atomic E-state index is -5.11. The van der Waals surface area contributed by atoms with Gasteiger partial charge in [0.1, 0.15) is 11.5 Å². The van der Waals surface area contributed by atoms with Gasteiger partial charge < -0.3 is 10.2 Å². The summed E-state index contributed by atoms with van der Waals surface area (Å²) in [6.45, 7) is 0. The second-order valence-electron chi connectivity index (χ2n) is 6.11. The molecule has 3 aromatic carbocycles. The molecule has 0 bridgehead atoms. The summed E-state index contributed by atoms with van der Waals surface area (Å²) in [5.74, 6) is -0.956. The highest BCUT2D eigenvalue weighted by molar-refractivity contribution is 7.87. The third-order valence-electron chi connectivity index (χ3n) is 4.37. The molecule has 0 radical (unpaired) electrons. The molecule has 0 saturated heterocycles. The summed E-state index contributed by atoms with van der Waals surface area (Å²) in [6.07, 6.45) is 0. The topological polar surface area (TPSA) is 94.8 Å². The summed E-state index contributed by atoms with van der Waals surface area (Å²) in [6, 6.07) is 11.4. The molecule has 10 heteroatoms. The lowest BCUT2D eigenvalue weighted by molar-refractivity contribution is 0.439. The normalized spacial score (nSPS) is 13.8. The van der Waals surface area contributed by atoms with Gasteiger partial charge in [0, 0.05) is 26.2 Å². The molecule has 0 aliphatic heterocycles. The molecule has 0 saturated carbocycles. The standard InChI is InChI=1S/C19H12Cl4O5S/c20-11-3-1-10(2-4-11)19(29(26,27)28,14-9-13(24)5-6-16(14)22)15-7-12(21)8-17(23)18(15)25/h1-9,24-25H,(H,26,27,28). The molecule has 0 amide bonds. The molecule has 3 rings (SSSR count). The SMILES string of the molecule is O=S(=O)(O)C(c1ccc(Cl)cc1)(c1cc(O)ccc1Cl)c1cc(Cl)cc(Cl)c1O. The van der Waals surface area contributed by atoms with Crippen LogP contribution in [-0.2, 0) is 14.9 Å². The van der Waals surface area contributed by atoms with Crippen LogP contribution in [0.15, 0.2) is 54.6 Å². The molecular formula is C19H12Cl4O5S. The molecule has 0 aliphatic carbocycles. The van der Waals surface area contributed by atoms with Crippen LogP contribution < -0.4 is 0 Å². The van der Waals surface area contributed by atoms with Crippen LogP contribution in [0.3, 0.4) is 0 Å². The molecule has 1 unspecified atom stereocenters. The van der Waals surface area contributed by atoms with Gasteiger partial charge in [0.2, 0.25) is 0 Å². The van der Waals surface area contributed by atoms with Gasteiger partial charge in [0.05, 0.1) is 5.02 Å². The van der Waals surface area contributed by atoms with E-state index in [4.69, 9.17) is 46.4 Å². The van der Waals surface area contributed by atoms with E-state index in [1.54, 1.807) is 0 Å². The number of aromatic hydroxyl groups is 2. The van der Waals surface area contributed by atoms with Crippen molar-refractivity contribution in [1.29, 1.82) is 0 Å². The van der Waals surface area contributed by atoms with Crippen molar-refractivity contribution in [2.75, 3.05) is 0 Å². The first-order chi connectivity index (χ1) is 13.5. The highest BCUT2D eigenvalue weighted by Crippen LogP contribution is 2.51. The maximum absolute atomic E-state index is 13.0. The molecule has 3 aromatic rings. The fourth-order valence-electron chi connectivity index (χ4n) is 3.18. The van der Waals surface area contributed by atoms with Crippen LogP contribution in [0.4, 0.5) is 0 Å². The summed E-state index contributed by atoms with van der Waals surface area (Å²) in [5, 5.41) is 20.6. The van der Waals surface area contributed by atoms with Crippen LogP contribution in [0.25, 0.3) is 0 Å². The van der Waals surface area contributed by atoms with Crippen molar-refractivity contribution < 1.29 is 23.2 Å². The van der Waals surface area contributed by atoms with E-state index in [0.29, 0.717) is 5.02 Å². The van der Waals surface area contributed by atoms with Crippen LogP contribution in [0.1, 0.15) is 16.7 Å². The largest absolute Gasteiger partial charge is 0.508 e. The molecule has 0 fully saturated rings. The summed E-state index contributed by atoms with van der Waals surface area (Å²) < 4.78 is 33.9. The average molecular weight is 494 g/mol. The van der Waals surface area contributed by atoms with Gasteiger partial charge in [-0.15, -0.1) is 0 Å². The van der Waals surface area contributed by atoms with Crippen LogP contribution in [-0.4, -0.2) is 23.2 Å². The third-order valence-corrected chi connectivity index (χ3v) is 6.91. The molecule has 0 aliphatic rings. The molecule has 3 N–H and O–H groups in total. The molecular weight excluding hydrogens is 482 g/mol. The Balaban J connectivity index is 2.63. The van der Waals surface area contributed by atoms with Gasteiger partial charge in [-0.25, -0.2) is 0 Å². The number of halogens is 4. The van der Waals surface area contributed by atoms with Crippen LogP contribution >= 0.6 is 46.4 Å². The van der Waals surface area contributed by atoms with Crippen molar-refractivity contribution in [3.05, 3.63) is 91.4 Å². The van der Waals surface area contributed by atoms with E-state index >= 15 is 0 Å². The zero-order valence-electron chi connectivity index (χ0n) is 14.3. The van der Waals surface area contributed by atoms with Gasteiger partial charge in [0.15, 0.2) is 4.75 Å². The monoisotopic (exact) mass is 492 g/mol. The third kappa shape index (κ3) is 3.77. The van der Waals surface area contributed by atoms with Crippen molar-refractivity contribution in [2.24, 2.45) is 0 Å². The molecule has 152 valence electrons. The van der Waals surface area contributed by atoms with E-state index in [1.807, 2.05) is 0 Å². The zero-order valence-corrected chi connectivity index (χ0v) is 18.1. The second-order valence-corrected chi connectivity index (χ2v) is 9.36. The Bertz CT molecular complexity index is 1200. The number of phenolic OH excluding ortho intramolecular Hbond substituents is 2. The Labute approximate surface area is 186 Å². The Morgan fingerprint density at radius 2 is 1.34 bits per heavy atom. The molecule has 0 spiro atoms. The van der Waals surface area contributed by atoms with E-state index < -0.39 is 20.6 Å². The van der Waals surface area contributed by atoms with Crippen LogP contribution in [0, 0.1) is 0 Å². The van der Waals surface area contributed by atoms with E-state index in [9.17, 15) is 23.2 Å². The lowest BCUT2D eigenvalue weighted by Gasteiger charge is -2.34. The minimum Gasteiger partial charge on any atom is -0.508 e. The van der Waals surface area contributed by atoms with Crippen molar-refractivity contribution in [1.82, 2.24) is 0 Å². The van der Waals surface area contributed by atoms with Gasteiger partial charge >= 0.3 is 0 Å². The van der Waals surface area contributed by atoms with Gasteiger partial charge in [-0.1, -0.05) is 58.5 Å². The van der Waals surface area contributed by atoms with E-state index in [0.717, 1.165) is 12.1 Å². The van der Waals surface area contributed by atoms with Gasteiger partial charge in [-0.3, -0.25) is 4.55 Å². The first-order valence-corrected chi connectivity index (χ1v) is 10.8. The van der Waals surface area contributed by atoms with Crippen molar-refractivity contribution in [2.45, 2.75) is 4.75 Å². The highest BCUT2D eigenvalue weighted by atomic mass is 35.5. The first-order valence-electron chi connectivity index (χ1n) is 7.89. The Kier molecular flexibility index (Phi) is 5.98. The number of benzene rings is 3. The summed E-state index contributed by atoms with van der Waals surface area (Å²) >= 11 is 24.3. The lowest BCUT2D eigenvalue weighted by atomic mass is 9.83. The fraction of sp³-hybridized carbons (Fsp3) is 0.0526. The predicted molar refractivity (Wildman–Crippen MR) is 114 cm³/mol. The molecule has 1 atom stereocenters. The summed E-state index contributed by atoms with van der Waals surface area (Å²) in [7, 11) is -5.11. The Morgan fingerprint density at radius 1 is 0.724 bits per heavy atom. The number of phenols is 2. The number of hydrogen-bond donors (Lipinski definition) is 3. The minimum absolute atomic E-state index is 0.000985. The first kappa shape index (κ1) is 22.0. The van der Waals surface area contributed by atoms with Crippen molar-refractivity contribution in [3.8, 4) is 11.5 Å². The van der Waals surface area contributed by atoms with Crippen molar-refractivity contribution >= 4 is 56.5 Å². The van der Waals surface area contributed by atoms with Crippen molar-refractivity contribution in [3.63, 3.8) is 0 Å². The smallest absolute Gasteiger partial charge is 0.283 e. The van der Waals surface area contributed by atoms with Gasteiger partial charge in [-0.2, -0.15) is 8.42 Å². The van der Waals surface area contributed by atoms with Crippen LogP contribution in [0.2, 0.25) is 20.1 Å². The highest BCUT2D eigenvalue weighted by Gasteiger charge is 2.51.